The third kappa shape index (κ3) is 6.87. The third-order valence-corrected chi connectivity index (χ3v) is 7.84. The first-order chi connectivity index (χ1) is 20.2. The van der Waals surface area contributed by atoms with Crippen LogP contribution < -0.4 is 21.1 Å². The minimum Gasteiger partial charge on any atom is -0.372 e. The molecule has 1 aliphatic carbocycles. The van der Waals surface area contributed by atoms with Crippen LogP contribution in [0.2, 0.25) is 0 Å². The number of carbonyl (C=O) groups is 1. The molecule has 0 unspecified atom stereocenters. The fourth-order valence-corrected chi connectivity index (χ4v) is 5.41. The number of allylic oxidation sites excluding steroid dienone is 7. The molecule has 9 nitrogen and oxygen atoms in total. The number of halogens is 1. The van der Waals surface area contributed by atoms with Gasteiger partial charge in [-0.2, -0.15) is 5.10 Å². The maximum absolute atomic E-state index is 14.8. The van der Waals surface area contributed by atoms with Gasteiger partial charge >= 0.3 is 0 Å². The number of pyridine rings is 1. The zero-order valence-electron chi connectivity index (χ0n) is 23.9. The van der Waals surface area contributed by atoms with E-state index in [1.54, 1.807) is 25.4 Å². The summed E-state index contributed by atoms with van der Waals surface area (Å²) < 4.78 is 16.0. The minimum absolute atomic E-state index is 0.0226. The van der Waals surface area contributed by atoms with Crippen molar-refractivity contribution in [1.29, 1.82) is 0 Å². The summed E-state index contributed by atoms with van der Waals surface area (Å²) in [7, 11) is 7.60. The maximum Gasteiger partial charge on any atom is 0.290 e. The van der Waals surface area contributed by atoms with Gasteiger partial charge in [-0.15, -0.1) is 0 Å². The van der Waals surface area contributed by atoms with E-state index in [-0.39, 0.29) is 16.9 Å². The van der Waals surface area contributed by atoms with Crippen molar-refractivity contribution in [3.8, 4) is 11.3 Å². The first-order valence-electron chi connectivity index (χ1n) is 13.4. The highest BCUT2D eigenvalue weighted by atomic mass is 32.2. The average Bonchev–Trinajstić information content (AvgIpc) is 3.14. The smallest absolute Gasteiger partial charge is 0.290 e. The summed E-state index contributed by atoms with van der Waals surface area (Å²) in [6.45, 7) is 1.76. The molecule has 3 heterocycles. The lowest BCUT2D eigenvalue weighted by Crippen LogP contribution is -2.28. The molecule has 11 heteroatoms. The second-order valence-electron chi connectivity index (χ2n) is 10.3. The molecule has 2 aromatic heterocycles. The number of hydrogen-bond acceptors (Lipinski definition) is 8. The lowest BCUT2D eigenvalue weighted by molar-refractivity contribution is -0.112. The van der Waals surface area contributed by atoms with Crippen LogP contribution >= 0.6 is 11.8 Å². The molecule has 1 amide bonds. The van der Waals surface area contributed by atoms with Crippen LogP contribution in [0.3, 0.4) is 0 Å². The molecule has 0 spiro atoms. The van der Waals surface area contributed by atoms with Crippen molar-refractivity contribution in [2.45, 2.75) is 6.42 Å². The molecular formula is C31H32FN7O2S. The Morgan fingerprint density at radius 3 is 2.64 bits per heavy atom. The maximum atomic E-state index is 14.8. The van der Waals surface area contributed by atoms with Gasteiger partial charge in [-0.3, -0.25) is 9.59 Å². The van der Waals surface area contributed by atoms with Crippen molar-refractivity contribution in [2.24, 2.45) is 7.05 Å². The lowest BCUT2D eigenvalue weighted by atomic mass is 10.1. The van der Waals surface area contributed by atoms with Crippen molar-refractivity contribution in [1.82, 2.24) is 19.7 Å². The SMILES string of the molecule is CN(C)CCN(C)c1ccc(Nc2cc(-c3ccc(F)c(NC(=O)C4=CC5=CC=CC=C(C5)S4)c3)nn(C)c2=O)nc1. The van der Waals surface area contributed by atoms with Crippen LogP contribution in [0.4, 0.5) is 27.3 Å². The van der Waals surface area contributed by atoms with Gasteiger partial charge < -0.3 is 20.4 Å². The minimum atomic E-state index is -0.575. The van der Waals surface area contributed by atoms with Gasteiger partial charge in [-0.1, -0.05) is 36.1 Å². The summed E-state index contributed by atoms with van der Waals surface area (Å²) in [5.74, 6) is -0.471. The molecule has 0 atom stereocenters. The molecule has 0 saturated carbocycles. The first kappa shape index (κ1) is 29.0. The van der Waals surface area contributed by atoms with E-state index in [9.17, 15) is 14.0 Å². The van der Waals surface area contributed by atoms with Gasteiger partial charge in [0, 0.05) is 39.2 Å². The van der Waals surface area contributed by atoms with Crippen LogP contribution in [0, 0.1) is 5.82 Å². The van der Waals surface area contributed by atoms with Crippen molar-refractivity contribution >= 4 is 40.5 Å². The zero-order chi connectivity index (χ0) is 29.8. The number of hydrogen-bond donors (Lipinski definition) is 2. The van der Waals surface area contributed by atoms with Crippen molar-refractivity contribution in [2.75, 3.05) is 49.8 Å². The predicted molar refractivity (Wildman–Crippen MR) is 168 cm³/mol. The summed E-state index contributed by atoms with van der Waals surface area (Å²) in [5.41, 5.74) is 2.87. The Labute approximate surface area is 248 Å². The largest absolute Gasteiger partial charge is 0.372 e. The quantitative estimate of drug-likeness (QED) is 0.360. The second kappa shape index (κ2) is 12.6. The number of fused-ring (bicyclic) bond motifs is 2. The van der Waals surface area contributed by atoms with E-state index in [0.717, 1.165) is 35.7 Å². The lowest BCUT2D eigenvalue weighted by Gasteiger charge is -2.21. The Morgan fingerprint density at radius 2 is 1.88 bits per heavy atom. The molecule has 2 aliphatic rings. The molecular weight excluding hydrogens is 553 g/mol. The molecule has 2 bridgehead atoms. The Morgan fingerprint density at radius 1 is 1.07 bits per heavy atom. The number of carbonyl (C=O) groups excluding carboxylic acids is 1. The number of nitrogens with one attached hydrogen (secondary N) is 2. The van der Waals surface area contributed by atoms with Gasteiger partial charge in [0.25, 0.3) is 11.5 Å². The number of anilines is 4. The molecule has 1 aromatic carbocycles. The molecule has 3 aromatic rings. The summed E-state index contributed by atoms with van der Waals surface area (Å²) in [4.78, 5) is 36.2. The fraction of sp³-hybridized carbons (Fsp3) is 0.226. The van der Waals surface area contributed by atoms with Crippen LogP contribution in [0.15, 0.2) is 93.2 Å². The van der Waals surface area contributed by atoms with E-state index in [0.29, 0.717) is 22.0 Å². The van der Waals surface area contributed by atoms with E-state index in [1.807, 2.05) is 63.7 Å². The Bertz CT molecular complexity index is 1690. The molecule has 42 heavy (non-hydrogen) atoms. The average molecular weight is 586 g/mol. The zero-order valence-corrected chi connectivity index (χ0v) is 24.7. The van der Waals surface area contributed by atoms with E-state index in [2.05, 4.69) is 30.5 Å². The number of aryl methyl sites for hydroxylation is 1. The summed E-state index contributed by atoms with van der Waals surface area (Å²) in [6.07, 6.45) is 12.1. The normalized spacial score (nSPS) is 14.1. The van der Waals surface area contributed by atoms with E-state index < -0.39 is 11.7 Å². The van der Waals surface area contributed by atoms with E-state index >= 15 is 0 Å². The van der Waals surface area contributed by atoms with Gasteiger partial charge in [-0.25, -0.2) is 14.1 Å². The monoisotopic (exact) mass is 585 g/mol. The Hall–Kier alpha value is -4.48. The second-order valence-corrected chi connectivity index (χ2v) is 11.5. The Kier molecular flexibility index (Phi) is 8.69. The number of amides is 1. The highest BCUT2D eigenvalue weighted by molar-refractivity contribution is 8.07. The van der Waals surface area contributed by atoms with E-state index in [4.69, 9.17) is 0 Å². The van der Waals surface area contributed by atoms with Crippen LogP contribution in [0.5, 0.6) is 0 Å². The van der Waals surface area contributed by atoms with Gasteiger partial charge in [0.15, 0.2) is 0 Å². The number of thioether (sulfide) groups is 1. The number of rotatable bonds is 9. The molecule has 0 saturated heterocycles. The van der Waals surface area contributed by atoms with Crippen LogP contribution in [0.1, 0.15) is 6.42 Å². The standard InChI is InChI=1S/C31H32FN7O2S/c1-37(2)13-14-38(3)22-10-12-29(33-19-22)34-27-18-25(36-39(4)31(27)41)21-9-11-24(32)26(17-21)35-30(40)28-16-20-7-5-6-8-23(15-20)42-28/h5-12,16-19H,13-15H2,1-4H3,(H,33,34)(H,35,40). The van der Waals surface area contributed by atoms with Crippen LogP contribution in [-0.2, 0) is 11.8 Å². The fourth-order valence-electron chi connectivity index (χ4n) is 4.39. The molecule has 216 valence electrons. The van der Waals surface area contributed by atoms with Crippen molar-refractivity contribution < 1.29 is 9.18 Å². The highest BCUT2D eigenvalue weighted by Gasteiger charge is 2.21. The summed E-state index contributed by atoms with van der Waals surface area (Å²) in [5, 5.41) is 10.2. The molecule has 0 fully saturated rings. The topological polar surface area (TPSA) is 95.4 Å². The van der Waals surface area contributed by atoms with Crippen LogP contribution in [-0.4, -0.2) is 59.8 Å². The highest BCUT2D eigenvalue weighted by Crippen LogP contribution is 2.38. The van der Waals surface area contributed by atoms with Gasteiger partial charge in [0.2, 0.25) is 0 Å². The first-order valence-corrected chi connectivity index (χ1v) is 14.2. The number of likely N-dealkylation sites (N-methyl/N-ethyl adjacent to an activating group) is 2. The van der Waals surface area contributed by atoms with Gasteiger partial charge in [0.05, 0.1) is 28.2 Å². The number of benzene rings is 1. The molecule has 2 N–H and O–H groups in total. The predicted octanol–water partition coefficient (Wildman–Crippen LogP) is 5.06. The molecule has 1 aliphatic heterocycles. The summed E-state index contributed by atoms with van der Waals surface area (Å²) in [6, 6.07) is 9.68. The van der Waals surface area contributed by atoms with Crippen molar-refractivity contribution in [3.63, 3.8) is 0 Å². The third-order valence-electron chi connectivity index (χ3n) is 6.77. The number of aromatic nitrogens is 3. The molecule has 5 rings (SSSR count). The number of nitrogens with zero attached hydrogens (tertiary/aromatic N) is 5. The van der Waals surface area contributed by atoms with Gasteiger partial charge in [0.1, 0.15) is 17.3 Å². The van der Waals surface area contributed by atoms with Crippen molar-refractivity contribution in [3.05, 3.63) is 105 Å². The van der Waals surface area contributed by atoms with Gasteiger partial charge in [-0.05, 0) is 67.0 Å². The molecule has 0 radical (unpaired) electrons. The van der Waals surface area contributed by atoms with Crippen LogP contribution in [0.25, 0.3) is 11.3 Å². The summed E-state index contributed by atoms with van der Waals surface area (Å²) >= 11 is 1.37. The van der Waals surface area contributed by atoms with E-state index in [1.165, 1.54) is 28.6 Å². The Balaban J connectivity index is 1.35.